The van der Waals surface area contributed by atoms with Gasteiger partial charge < -0.3 is 9.64 Å². The molecule has 1 aliphatic heterocycles. The third-order valence-corrected chi connectivity index (χ3v) is 3.84. The van der Waals surface area contributed by atoms with E-state index in [-0.39, 0.29) is 0 Å². The van der Waals surface area contributed by atoms with Crippen LogP contribution in [-0.2, 0) is 11.0 Å². The van der Waals surface area contributed by atoms with Crippen molar-refractivity contribution in [3.63, 3.8) is 0 Å². The predicted molar refractivity (Wildman–Crippen MR) is 73.4 cm³/mol. The van der Waals surface area contributed by atoms with E-state index < -0.39 is 11.0 Å². The molecule has 2 rings (SSSR count). The van der Waals surface area contributed by atoms with Gasteiger partial charge in [-0.05, 0) is 18.1 Å². The average molecular weight is 266 g/mol. The van der Waals surface area contributed by atoms with Gasteiger partial charge in [0.15, 0.2) is 16.8 Å². The smallest absolute Gasteiger partial charge is 0.175 e. The Labute approximate surface area is 110 Å². The zero-order valence-electron chi connectivity index (χ0n) is 11.1. The predicted octanol–water partition coefficient (Wildman–Crippen LogP) is 2.07. The van der Waals surface area contributed by atoms with Crippen LogP contribution in [0.25, 0.3) is 0 Å². The molecule has 0 fully saturated rings. The molecule has 0 spiro atoms. The number of amidine groups is 1. The summed E-state index contributed by atoms with van der Waals surface area (Å²) in [7, 11) is 2.28. The van der Waals surface area contributed by atoms with Gasteiger partial charge in [-0.1, -0.05) is 19.9 Å². The van der Waals surface area contributed by atoms with Gasteiger partial charge in [-0.15, -0.1) is 0 Å². The lowest BCUT2D eigenvalue weighted by atomic mass is 10.1. The van der Waals surface area contributed by atoms with Gasteiger partial charge in [0.25, 0.3) is 0 Å². The van der Waals surface area contributed by atoms with Crippen molar-refractivity contribution >= 4 is 16.8 Å². The average Bonchev–Trinajstić information content (AvgIpc) is 2.66. The first-order valence-corrected chi connectivity index (χ1v) is 7.04. The second kappa shape index (κ2) is 5.10. The Hall–Kier alpha value is -1.36. The molecule has 1 aromatic rings. The van der Waals surface area contributed by atoms with E-state index in [1.165, 1.54) is 0 Å². The molecule has 1 unspecified atom stereocenters. The number of hydrogen-bond donors (Lipinski definition) is 0. The van der Waals surface area contributed by atoms with Gasteiger partial charge in [0.1, 0.15) is 5.75 Å². The molecule has 18 heavy (non-hydrogen) atoms. The number of nitrogens with zero attached hydrogens (tertiary/aromatic N) is 2. The Morgan fingerprint density at radius 2 is 2.17 bits per heavy atom. The highest BCUT2D eigenvalue weighted by Gasteiger charge is 2.28. The number of hydrogen-bond acceptors (Lipinski definition) is 3. The van der Waals surface area contributed by atoms with Crippen LogP contribution in [0.5, 0.6) is 5.75 Å². The van der Waals surface area contributed by atoms with Crippen molar-refractivity contribution in [1.29, 1.82) is 0 Å². The molecule has 0 aliphatic carbocycles. The Balaban J connectivity index is 2.43. The van der Waals surface area contributed by atoms with Crippen LogP contribution in [0.1, 0.15) is 19.4 Å². The van der Waals surface area contributed by atoms with Crippen molar-refractivity contribution in [2.75, 3.05) is 20.7 Å². The van der Waals surface area contributed by atoms with Crippen LogP contribution in [-0.4, -0.2) is 35.6 Å². The van der Waals surface area contributed by atoms with Crippen LogP contribution >= 0.6 is 0 Å². The van der Waals surface area contributed by atoms with Gasteiger partial charge in [-0.3, -0.25) is 0 Å². The zero-order chi connectivity index (χ0) is 13.3. The lowest BCUT2D eigenvalue weighted by Gasteiger charge is -2.22. The Kier molecular flexibility index (Phi) is 3.71. The van der Waals surface area contributed by atoms with Crippen LogP contribution in [0.2, 0.25) is 0 Å². The van der Waals surface area contributed by atoms with E-state index in [9.17, 15) is 4.21 Å². The molecule has 0 saturated carbocycles. The molecular formula is C13H18N2O2S. The van der Waals surface area contributed by atoms with Crippen molar-refractivity contribution < 1.29 is 8.95 Å². The summed E-state index contributed by atoms with van der Waals surface area (Å²) in [5.41, 5.74) is 0.862. The minimum Gasteiger partial charge on any atom is -0.496 e. The van der Waals surface area contributed by atoms with Crippen molar-refractivity contribution in [3.05, 3.63) is 23.8 Å². The van der Waals surface area contributed by atoms with E-state index in [1.807, 2.05) is 30.1 Å². The second-order valence-corrected chi connectivity index (χ2v) is 5.89. The van der Waals surface area contributed by atoms with Gasteiger partial charge in [0, 0.05) is 13.6 Å². The standard InChI is InChI=1S/C13H18N2O2S/c1-9(2)8-15(3)13-12-10(17-4)6-5-7-11(12)18(16)14-13/h5-7,9H,8H2,1-4H3. The molecular weight excluding hydrogens is 248 g/mol. The quantitative estimate of drug-likeness (QED) is 0.841. The molecule has 5 heteroatoms. The van der Waals surface area contributed by atoms with E-state index >= 15 is 0 Å². The highest BCUT2D eigenvalue weighted by atomic mass is 32.2. The van der Waals surface area contributed by atoms with Crippen molar-refractivity contribution in [3.8, 4) is 5.75 Å². The third-order valence-electron chi connectivity index (χ3n) is 2.79. The van der Waals surface area contributed by atoms with Crippen LogP contribution in [0.3, 0.4) is 0 Å². The van der Waals surface area contributed by atoms with E-state index in [1.54, 1.807) is 7.11 Å². The topological polar surface area (TPSA) is 41.9 Å². The van der Waals surface area contributed by atoms with E-state index in [0.29, 0.717) is 5.92 Å². The molecule has 0 radical (unpaired) electrons. The largest absolute Gasteiger partial charge is 0.496 e. The first kappa shape index (κ1) is 13.1. The summed E-state index contributed by atoms with van der Waals surface area (Å²) in [6, 6.07) is 5.56. The summed E-state index contributed by atoms with van der Waals surface area (Å²) < 4.78 is 21.6. The van der Waals surface area contributed by atoms with Gasteiger partial charge in [-0.2, -0.15) is 4.40 Å². The first-order chi connectivity index (χ1) is 8.54. The van der Waals surface area contributed by atoms with E-state index in [2.05, 4.69) is 18.2 Å². The summed E-state index contributed by atoms with van der Waals surface area (Å²) in [5, 5.41) is 0. The summed E-state index contributed by atoms with van der Waals surface area (Å²) in [6.07, 6.45) is 0. The highest BCUT2D eigenvalue weighted by molar-refractivity contribution is 7.84. The van der Waals surface area contributed by atoms with Gasteiger partial charge in [0.2, 0.25) is 0 Å². The monoisotopic (exact) mass is 266 g/mol. The molecule has 0 amide bonds. The van der Waals surface area contributed by atoms with Crippen LogP contribution in [0.15, 0.2) is 27.5 Å². The lowest BCUT2D eigenvalue weighted by molar-refractivity contribution is 0.404. The molecule has 0 N–H and O–H groups in total. The number of fused-ring (bicyclic) bond motifs is 1. The maximum Gasteiger partial charge on any atom is 0.175 e. The summed E-state index contributed by atoms with van der Waals surface area (Å²) in [5.74, 6) is 2.01. The highest BCUT2D eigenvalue weighted by Crippen LogP contribution is 2.32. The SMILES string of the molecule is COc1cccc2c1C(N(C)CC(C)C)=NS2=O. The molecule has 0 aromatic heterocycles. The second-order valence-electron chi connectivity index (χ2n) is 4.77. The molecule has 4 nitrogen and oxygen atoms in total. The maximum absolute atomic E-state index is 12.0. The van der Waals surface area contributed by atoms with Crippen LogP contribution in [0.4, 0.5) is 0 Å². The first-order valence-electron chi connectivity index (χ1n) is 5.93. The number of rotatable bonds is 3. The van der Waals surface area contributed by atoms with Crippen LogP contribution < -0.4 is 4.74 Å². The van der Waals surface area contributed by atoms with Gasteiger partial charge in [-0.25, -0.2) is 4.21 Å². The minimum atomic E-state index is -1.31. The fraction of sp³-hybridized carbons (Fsp3) is 0.462. The molecule has 0 bridgehead atoms. The van der Waals surface area contributed by atoms with Crippen molar-refractivity contribution in [2.45, 2.75) is 18.7 Å². The molecule has 1 heterocycles. The number of benzene rings is 1. The Morgan fingerprint density at radius 3 is 2.78 bits per heavy atom. The van der Waals surface area contributed by atoms with Gasteiger partial charge in [0.05, 0.1) is 17.6 Å². The fourth-order valence-corrected chi connectivity index (χ4v) is 3.16. The van der Waals surface area contributed by atoms with Crippen molar-refractivity contribution in [2.24, 2.45) is 10.3 Å². The normalized spacial score (nSPS) is 17.6. The molecule has 0 saturated heterocycles. The Bertz CT molecular complexity index is 512. The van der Waals surface area contributed by atoms with E-state index in [4.69, 9.17) is 4.74 Å². The Morgan fingerprint density at radius 1 is 1.44 bits per heavy atom. The summed E-state index contributed by atoms with van der Waals surface area (Å²) in [4.78, 5) is 2.77. The van der Waals surface area contributed by atoms with Crippen molar-refractivity contribution in [1.82, 2.24) is 4.90 Å². The molecule has 1 aromatic carbocycles. The summed E-state index contributed by atoms with van der Waals surface area (Å²) in [6.45, 7) is 5.16. The lowest BCUT2D eigenvalue weighted by Crippen LogP contribution is -2.30. The zero-order valence-corrected chi connectivity index (χ0v) is 12.0. The molecule has 98 valence electrons. The van der Waals surface area contributed by atoms with Crippen LogP contribution in [0, 0.1) is 5.92 Å². The number of methoxy groups -OCH3 is 1. The molecule has 1 atom stereocenters. The minimum absolute atomic E-state index is 0.518. The molecule has 1 aliphatic rings. The maximum atomic E-state index is 12.0. The number of ether oxygens (including phenoxy) is 1. The third kappa shape index (κ3) is 2.27. The fourth-order valence-electron chi connectivity index (χ4n) is 2.12. The van der Waals surface area contributed by atoms with E-state index in [0.717, 1.165) is 28.6 Å². The summed E-state index contributed by atoms with van der Waals surface area (Å²) >= 11 is 0. The van der Waals surface area contributed by atoms with Gasteiger partial charge >= 0.3 is 0 Å².